The molecule has 1 aromatic carbocycles. The first-order valence-corrected chi connectivity index (χ1v) is 9.97. The van der Waals surface area contributed by atoms with Gasteiger partial charge in [-0.3, -0.25) is 4.79 Å². The van der Waals surface area contributed by atoms with Gasteiger partial charge in [-0.2, -0.15) is 0 Å². The van der Waals surface area contributed by atoms with Crippen LogP contribution in [-0.2, 0) is 9.53 Å². The van der Waals surface area contributed by atoms with Gasteiger partial charge in [0, 0.05) is 55.9 Å². The van der Waals surface area contributed by atoms with E-state index in [1.807, 2.05) is 12.1 Å². The Morgan fingerprint density at radius 3 is 2.46 bits per heavy atom. The molecule has 2 saturated heterocycles. The Labute approximate surface area is 165 Å². The van der Waals surface area contributed by atoms with Gasteiger partial charge in [-0.1, -0.05) is 0 Å². The van der Waals surface area contributed by atoms with Gasteiger partial charge in [0.2, 0.25) is 11.9 Å². The topological polar surface area (TPSA) is 70.6 Å². The Morgan fingerprint density at radius 2 is 1.79 bits per heavy atom. The number of carbonyl (C=O) groups excluding carboxylic acids is 1. The zero-order valence-corrected chi connectivity index (χ0v) is 16.3. The Kier molecular flexibility index (Phi) is 5.71. The normalized spacial score (nSPS) is 18.2. The van der Waals surface area contributed by atoms with E-state index in [0.29, 0.717) is 0 Å². The number of piperidine rings is 1. The highest BCUT2D eigenvalue weighted by molar-refractivity contribution is 5.93. The molecule has 0 aliphatic carbocycles. The van der Waals surface area contributed by atoms with E-state index in [4.69, 9.17) is 4.74 Å². The minimum absolute atomic E-state index is 0.0262. The lowest BCUT2D eigenvalue weighted by Crippen LogP contribution is -2.39. The Hall–Kier alpha value is -2.67. The van der Waals surface area contributed by atoms with Crippen LogP contribution in [0.3, 0.4) is 0 Å². The second-order valence-electron chi connectivity index (χ2n) is 7.40. The first kappa shape index (κ1) is 18.7. The highest BCUT2D eigenvalue weighted by atomic mass is 16.5. The maximum Gasteiger partial charge on any atom is 0.227 e. The molecule has 2 fully saturated rings. The van der Waals surface area contributed by atoms with E-state index in [1.165, 1.54) is 5.69 Å². The standard InChI is InChI=1S/C21H27N5O2/c1-16-15-18(25-11-13-28-14-12-25)3-4-19(16)24-20(27)17-5-9-26(10-6-17)21-22-7-2-8-23-21/h2-4,7-8,15,17H,5-6,9-14H2,1H3,(H,24,27). The molecule has 3 heterocycles. The van der Waals surface area contributed by atoms with Crippen LogP contribution < -0.4 is 15.1 Å². The molecule has 0 unspecified atom stereocenters. The molecule has 1 amide bonds. The minimum atomic E-state index is 0.0262. The zero-order valence-electron chi connectivity index (χ0n) is 16.3. The number of morpholine rings is 1. The molecule has 0 spiro atoms. The Morgan fingerprint density at radius 1 is 1.07 bits per heavy atom. The van der Waals surface area contributed by atoms with Crippen molar-refractivity contribution in [3.8, 4) is 0 Å². The van der Waals surface area contributed by atoms with Gasteiger partial charge in [-0.25, -0.2) is 9.97 Å². The lowest BCUT2D eigenvalue weighted by Gasteiger charge is -2.31. The molecule has 2 aromatic rings. The van der Waals surface area contributed by atoms with Crippen molar-refractivity contribution in [1.29, 1.82) is 0 Å². The van der Waals surface area contributed by atoms with E-state index in [0.717, 1.165) is 69.4 Å². The number of anilines is 3. The lowest BCUT2D eigenvalue weighted by molar-refractivity contribution is -0.120. The zero-order chi connectivity index (χ0) is 19.3. The molecule has 0 atom stereocenters. The first-order valence-electron chi connectivity index (χ1n) is 9.97. The van der Waals surface area contributed by atoms with Gasteiger partial charge < -0.3 is 19.9 Å². The summed E-state index contributed by atoms with van der Waals surface area (Å²) in [6.45, 7) is 7.02. The number of ether oxygens (including phenoxy) is 1. The highest BCUT2D eigenvalue weighted by Crippen LogP contribution is 2.26. The molecule has 0 saturated carbocycles. The molecule has 0 radical (unpaired) electrons. The van der Waals surface area contributed by atoms with Gasteiger partial charge in [0.1, 0.15) is 0 Å². The summed E-state index contributed by atoms with van der Waals surface area (Å²) >= 11 is 0. The number of carbonyl (C=O) groups is 1. The molecule has 0 bridgehead atoms. The van der Waals surface area contributed by atoms with E-state index >= 15 is 0 Å². The molecule has 7 nitrogen and oxygen atoms in total. The third-order valence-electron chi connectivity index (χ3n) is 5.54. The quantitative estimate of drug-likeness (QED) is 0.877. The smallest absolute Gasteiger partial charge is 0.227 e. The second-order valence-corrected chi connectivity index (χ2v) is 7.40. The molecule has 1 N–H and O–H groups in total. The summed E-state index contributed by atoms with van der Waals surface area (Å²) in [6, 6.07) is 8.07. The summed E-state index contributed by atoms with van der Waals surface area (Å²) < 4.78 is 5.42. The molecule has 2 aliphatic heterocycles. The summed E-state index contributed by atoms with van der Waals surface area (Å²) in [5.74, 6) is 0.880. The number of hydrogen-bond donors (Lipinski definition) is 1. The van der Waals surface area contributed by atoms with Crippen LogP contribution in [0.15, 0.2) is 36.7 Å². The van der Waals surface area contributed by atoms with E-state index in [1.54, 1.807) is 12.4 Å². The van der Waals surface area contributed by atoms with Gasteiger partial charge in [-0.05, 0) is 49.6 Å². The molecule has 28 heavy (non-hydrogen) atoms. The van der Waals surface area contributed by atoms with Crippen molar-refractivity contribution in [1.82, 2.24) is 9.97 Å². The Bertz CT molecular complexity index is 800. The number of amides is 1. The lowest BCUT2D eigenvalue weighted by atomic mass is 9.96. The van der Waals surface area contributed by atoms with Crippen molar-refractivity contribution in [3.63, 3.8) is 0 Å². The molecule has 1 aromatic heterocycles. The molecule has 7 heteroatoms. The predicted octanol–water partition coefficient (Wildman–Crippen LogP) is 2.48. The van der Waals surface area contributed by atoms with Crippen LogP contribution in [0.2, 0.25) is 0 Å². The van der Waals surface area contributed by atoms with Gasteiger partial charge in [-0.15, -0.1) is 0 Å². The van der Waals surface area contributed by atoms with Crippen molar-refractivity contribution < 1.29 is 9.53 Å². The second kappa shape index (κ2) is 8.56. The van der Waals surface area contributed by atoms with E-state index in [-0.39, 0.29) is 11.8 Å². The monoisotopic (exact) mass is 381 g/mol. The SMILES string of the molecule is Cc1cc(N2CCOCC2)ccc1NC(=O)C1CCN(c2ncccn2)CC1. The summed E-state index contributed by atoms with van der Waals surface area (Å²) in [5.41, 5.74) is 3.18. The van der Waals surface area contributed by atoms with Crippen molar-refractivity contribution in [2.24, 2.45) is 5.92 Å². The summed E-state index contributed by atoms with van der Waals surface area (Å²) in [7, 11) is 0. The van der Waals surface area contributed by atoms with Gasteiger partial charge >= 0.3 is 0 Å². The summed E-state index contributed by atoms with van der Waals surface area (Å²) in [4.78, 5) is 25.8. The molecular formula is C21H27N5O2. The third kappa shape index (κ3) is 4.25. The van der Waals surface area contributed by atoms with Crippen molar-refractivity contribution in [3.05, 3.63) is 42.2 Å². The number of hydrogen-bond acceptors (Lipinski definition) is 6. The fraction of sp³-hybridized carbons (Fsp3) is 0.476. The molecular weight excluding hydrogens is 354 g/mol. The summed E-state index contributed by atoms with van der Waals surface area (Å²) in [6.07, 6.45) is 5.14. The van der Waals surface area contributed by atoms with Crippen LogP contribution in [0.4, 0.5) is 17.3 Å². The fourth-order valence-electron chi connectivity index (χ4n) is 3.84. The largest absolute Gasteiger partial charge is 0.378 e. The van der Waals surface area contributed by atoms with Gasteiger partial charge in [0.25, 0.3) is 0 Å². The Balaban J connectivity index is 1.34. The molecule has 2 aliphatic rings. The maximum atomic E-state index is 12.8. The van der Waals surface area contributed by atoms with Crippen LogP contribution in [0.25, 0.3) is 0 Å². The van der Waals surface area contributed by atoms with Crippen LogP contribution in [-0.4, -0.2) is 55.3 Å². The van der Waals surface area contributed by atoms with Gasteiger partial charge in [0.05, 0.1) is 13.2 Å². The average molecular weight is 381 g/mol. The van der Waals surface area contributed by atoms with Gasteiger partial charge in [0.15, 0.2) is 0 Å². The third-order valence-corrected chi connectivity index (χ3v) is 5.54. The van der Waals surface area contributed by atoms with Crippen LogP contribution in [0, 0.1) is 12.8 Å². The van der Waals surface area contributed by atoms with E-state index in [2.05, 4.69) is 44.1 Å². The first-order chi connectivity index (χ1) is 13.7. The van der Waals surface area contributed by atoms with Crippen LogP contribution >= 0.6 is 0 Å². The fourth-order valence-corrected chi connectivity index (χ4v) is 3.84. The number of rotatable bonds is 4. The van der Waals surface area contributed by atoms with Crippen LogP contribution in [0.1, 0.15) is 18.4 Å². The number of benzene rings is 1. The summed E-state index contributed by atoms with van der Waals surface area (Å²) in [5, 5.41) is 3.13. The molecule has 4 rings (SSSR count). The number of nitrogens with one attached hydrogen (secondary N) is 1. The minimum Gasteiger partial charge on any atom is -0.378 e. The van der Waals surface area contributed by atoms with Crippen LogP contribution in [0.5, 0.6) is 0 Å². The predicted molar refractivity (Wildman–Crippen MR) is 110 cm³/mol. The number of aryl methyl sites for hydroxylation is 1. The van der Waals surface area contributed by atoms with Crippen molar-refractivity contribution >= 4 is 23.2 Å². The number of nitrogens with zero attached hydrogens (tertiary/aromatic N) is 4. The van der Waals surface area contributed by atoms with Crippen molar-refractivity contribution in [2.45, 2.75) is 19.8 Å². The van der Waals surface area contributed by atoms with E-state index < -0.39 is 0 Å². The molecule has 148 valence electrons. The average Bonchev–Trinajstić information content (AvgIpc) is 2.76. The van der Waals surface area contributed by atoms with E-state index in [9.17, 15) is 4.79 Å². The number of aromatic nitrogens is 2. The maximum absolute atomic E-state index is 12.8. The highest BCUT2D eigenvalue weighted by Gasteiger charge is 2.26. The van der Waals surface area contributed by atoms with Crippen molar-refractivity contribution in [2.75, 3.05) is 54.5 Å².